The number of amides is 2. The van der Waals surface area contributed by atoms with E-state index in [9.17, 15) is 14.4 Å². The van der Waals surface area contributed by atoms with Gasteiger partial charge >= 0.3 is 18.0 Å². The number of nitrogens with one attached hydrogen (secondary N) is 2. The highest BCUT2D eigenvalue weighted by atomic mass is 16.4. The van der Waals surface area contributed by atoms with Gasteiger partial charge in [-0.1, -0.05) is 0 Å². The SMILES string of the molecule is O=C(O)CCC(NC(=O)N1CCCNCC1)C(=O)O. The van der Waals surface area contributed by atoms with Gasteiger partial charge in [0.2, 0.25) is 0 Å². The molecule has 8 nitrogen and oxygen atoms in total. The molecule has 2 amide bonds. The minimum absolute atomic E-state index is 0.123. The Morgan fingerprint density at radius 3 is 2.58 bits per heavy atom. The molecular weight excluding hydrogens is 254 g/mol. The molecule has 0 radical (unpaired) electrons. The maximum atomic E-state index is 11.9. The van der Waals surface area contributed by atoms with Crippen LogP contribution in [0.2, 0.25) is 0 Å². The fourth-order valence-electron chi connectivity index (χ4n) is 1.81. The summed E-state index contributed by atoms with van der Waals surface area (Å²) in [5, 5.41) is 23.0. The molecule has 1 saturated heterocycles. The number of aliphatic carboxylic acids is 2. The lowest BCUT2D eigenvalue weighted by atomic mass is 10.1. The zero-order valence-corrected chi connectivity index (χ0v) is 10.6. The number of nitrogens with zero attached hydrogens (tertiary/aromatic N) is 1. The molecule has 0 aliphatic carbocycles. The van der Waals surface area contributed by atoms with Gasteiger partial charge in [-0.25, -0.2) is 9.59 Å². The normalized spacial score (nSPS) is 17.4. The summed E-state index contributed by atoms with van der Waals surface area (Å²) in [5.74, 6) is -2.30. The standard InChI is InChI=1S/C11H19N3O5/c15-9(16)3-2-8(10(17)18)13-11(19)14-6-1-4-12-5-7-14/h8,12H,1-7H2,(H,13,19)(H,15,16)(H,17,18). The van der Waals surface area contributed by atoms with Gasteiger partial charge in [0.1, 0.15) is 6.04 Å². The van der Waals surface area contributed by atoms with Crippen LogP contribution in [0.15, 0.2) is 0 Å². The monoisotopic (exact) mass is 273 g/mol. The first-order valence-electron chi connectivity index (χ1n) is 6.21. The molecule has 1 aliphatic rings. The highest BCUT2D eigenvalue weighted by Crippen LogP contribution is 2.01. The van der Waals surface area contributed by atoms with Crippen LogP contribution in [0.5, 0.6) is 0 Å². The minimum Gasteiger partial charge on any atom is -0.481 e. The fraction of sp³-hybridized carbons (Fsp3) is 0.727. The first kappa shape index (κ1) is 15.2. The van der Waals surface area contributed by atoms with E-state index in [0.717, 1.165) is 13.0 Å². The first-order chi connectivity index (χ1) is 9.00. The number of rotatable bonds is 5. The predicted octanol–water partition coefficient (Wildman–Crippen LogP) is -0.691. The van der Waals surface area contributed by atoms with Crippen molar-refractivity contribution in [3.8, 4) is 0 Å². The third-order valence-electron chi connectivity index (χ3n) is 2.87. The zero-order chi connectivity index (χ0) is 14.3. The van der Waals surface area contributed by atoms with E-state index in [1.807, 2.05) is 0 Å². The zero-order valence-electron chi connectivity index (χ0n) is 10.6. The first-order valence-corrected chi connectivity index (χ1v) is 6.21. The van der Waals surface area contributed by atoms with Crippen molar-refractivity contribution < 1.29 is 24.6 Å². The summed E-state index contributed by atoms with van der Waals surface area (Å²) >= 11 is 0. The van der Waals surface area contributed by atoms with E-state index in [-0.39, 0.29) is 12.8 Å². The number of hydrogen-bond donors (Lipinski definition) is 4. The van der Waals surface area contributed by atoms with Gasteiger partial charge in [0.15, 0.2) is 0 Å². The topological polar surface area (TPSA) is 119 Å². The van der Waals surface area contributed by atoms with Gasteiger partial charge in [-0.2, -0.15) is 0 Å². The molecular formula is C11H19N3O5. The van der Waals surface area contributed by atoms with Crippen LogP contribution in [0.1, 0.15) is 19.3 Å². The Morgan fingerprint density at radius 1 is 1.21 bits per heavy atom. The van der Waals surface area contributed by atoms with E-state index in [2.05, 4.69) is 10.6 Å². The second kappa shape index (κ2) is 7.57. The van der Waals surface area contributed by atoms with Crippen molar-refractivity contribution in [2.45, 2.75) is 25.3 Å². The lowest BCUT2D eigenvalue weighted by Crippen LogP contribution is -2.49. The number of carboxylic acids is 2. The van der Waals surface area contributed by atoms with E-state index >= 15 is 0 Å². The van der Waals surface area contributed by atoms with E-state index in [4.69, 9.17) is 10.2 Å². The smallest absolute Gasteiger partial charge is 0.326 e. The summed E-state index contributed by atoms with van der Waals surface area (Å²) in [5.41, 5.74) is 0. The minimum atomic E-state index is -1.22. The van der Waals surface area contributed by atoms with Crippen molar-refractivity contribution >= 4 is 18.0 Å². The van der Waals surface area contributed by atoms with Gasteiger partial charge in [-0.15, -0.1) is 0 Å². The van der Waals surface area contributed by atoms with Crippen molar-refractivity contribution in [3.05, 3.63) is 0 Å². The van der Waals surface area contributed by atoms with Crippen LogP contribution in [0.3, 0.4) is 0 Å². The summed E-state index contributed by atoms with van der Waals surface area (Å²) in [6.07, 6.45) is 0.390. The summed E-state index contributed by atoms with van der Waals surface area (Å²) in [6, 6.07) is -1.62. The Hall–Kier alpha value is -1.83. The molecule has 1 unspecified atom stereocenters. The molecule has 1 fully saturated rings. The molecule has 8 heteroatoms. The third kappa shape index (κ3) is 5.56. The molecule has 108 valence electrons. The Kier molecular flexibility index (Phi) is 6.07. The Labute approximate surface area is 110 Å². The highest BCUT2D eigenvalue weighted by molar-refractivity contribution is 5.83. The van der Waals surface area contributed by atoms with Gasteiger partial charge in [-0.05, 0) is 19.4 Å². The molecule has 0 spiro atoms. The average Bonchev–Trinajstić information content (AvgIpc) is 2.62. The van der Waals surface area contributed by atoms with Gasteiger partial charge < -0.3 is 25.7 Å². The van der Waals surface area contributed by atoms with Crippen LogP contribution in [0, 0.1) is 0 Å². The van der Waals surface area contributed by atoms with Crippen molar-refractivity contribution in [1.29, 1.82) is 0 Å². The molecule has 1 atom stereocenters. The van der Waals surface area contributed by atoms with Crippen LogP contribution in [0.25, 0.3) is 0 Å². The molecule has 1 heterocycles. The molecule has 0 aromatic heterocycles. The second-order valence-electron chi connectivity index (χ2n) is 4.36. The van der Waals surface area contributed by atoms with Crippen molar-refractivity contribution in [1.82, 2.24) is 15.5 Å². The van der Waals surface area contributed by atoms with E-state index in [1.54, 1.807) is 0 Å². The lowest BCUT2D eigenvalue weighted by Gasteiger charge is -2.23. The summed E-state index contributed by atoms with van der Waals surface area (Å²) in [6.45, 7) is 2.56. The molecule has 1 rings (SSSR count). The van der Waals surface area contributed by atoms with Crippen molar-refractivity contribution in [2.24, 2.45) is 0 Å². The van der Waals surface area contributed by atoms with Gasteiger partial charge in [0.25, 0.3) is 0 Å². The maximum absolute atomic E-state index is 11.9. The number of carbonyl (C=O) groups is 3. The molecule has 0 bridgehead atoms. The highest BCUT2D eigenvalue weighted by Gasteiger charge is 2.24. The summed E-state index contributed by atoms with van der Waals surface area (Å²) in [7, 11) is 0. The van der Waals surface area contributed by atoms with Crippen molar-refractivity contribution in [3.63, 3.8) is 0 Å². The summed E-state index contributed by atoms with van der Waals surface area (Å²) < 4.78 is 0. The fourth-order valence-corrected chi connectivity index (χ4v) is 1.81. The summed E-state index contributed by atoms with van der Waals surface area (Å²) in [4.78, 5) is 34.8. The molecule has 0 aromatic carbocycles. The van der Waals surface area contributed by atoms with Crippen LogP contribution < -0.4 is 10.6 Å². The van der Waals surface area contributed by atoms with Gasteiger partial charge in [0, 0.05) is 26.1 Å². The Morgan fingerprint density at radius 2 is 1.95 bits per heavy atom. The van der Waals surface area contributed by atoms with Crippen molar-refractivity contribution in [2.75, 3.05) is 26.2 Å². The molecule has 4 N–H and O–H groups in total. The molecule has 19 heavy (non-hydrogen) atoms. The van der Waals surface area contributed by atoms with Crippen LogP contribution in [0.4, 0.5) is 4.79 Å². The number of carboxylic acid groups (broad SMARTS) is 2. The van der Waals surface area contributed by atoms with E-state index in [1.165, 1.54) is 4.90 Å². The number of urea groups is 1. The van der Waals surface area contributed by atoms with E-state index < -0.39 is 24.0 Å². The lowest BCUT2D eigenvalue weighted by molar-refractivity contribution is -0.140. The molecule has 0 aromatic rings. The third-order valence-corrected chi connectivity index (χ3v) is 2.87. The Bertz CT molecular complexity index is 339. The van der Waals surface area contributed by atoms with Crippen LogP contribution in [-0.4, -0.2) is 65.3 Å². The Balaban J connectivity index is 2.49. The maximum Gasteiger partial charge on any atom is 0.326 e. The van der Waals surface area contributed by atoms with Gasteiger partial charge in [0.05, 0.1) is 0 Å². The van der Waals surface area contributed by atoms with E-state index in [0.29, 0.717) is 19.6 Å². The molecule has 1 aliphatic heterocycles. The van der Waals surface area contributed by atoms with Crippen LogP contribution in [-0.2, 0) is 9.59 Å². The quantitative estimate of drug-likeness (QED) is 0.526. The van der Waals surface area contributed by atoms with Gasteiger partial charge in [-0.3, -0.25) is 4.79 Å². The number of hydrogen-bond acceptors (Lipinski definition) is 4. The predicted molar refractivity (Wildman–Crippen MR) is 65.9 cm³/mol. The number of carbonyl (C=O) groups excluding carboxylic acids is 1. The average molecular weight is 273 g/mol. The van der Waals surface area contributed by atoms with Crippen LogP contribution >= 0.6 is 0 Å². The molecule has 0 saturated carbocycles. The second-order valence-corrected chi connectivity index (χ2v) is 4.36. The largest absolute Gasteiger partial charge is 0.481 e.